The van der Waals surface area contributed by atoms with E-state index in [-0.39, 0.29) is 17.5 Å². The molecule has 2 nitrogen and oxygen atoms in total. The van der Waals surface area contributed by atoms with Crippen molar-refractivity contribution in [1.82, 2.24) is 0 Å². The van der Waals surface area contributed by atoms with E-state index in [9.17, 15) is 18.0 Å². The summed E-state index contributed by atoms with van der Waals surface area (Å²) in [6.07, 6.45) is -4.33. The van der Waals surface area contributed by atoms with Crippen LogP contribution < -0.4 is 4.74 Å². The zero-order chi connectivity index (χ0) is 13.1. The number of alkyl halides is 3. The van der Waals surface area contributed by atoms with E-state index < -0.39 is 6.36 Å². The van der Waals surface area contributed by atoms with Crippen molar-refractivity contribution in [2.45, 2.75) is 26.6 Å². The largest absolute Gasteiger partial charge is 0.573 e. The van der Waals surface area contributed by atoms with Crippen LogP contribution in [0.5, 0.6) is 5.75 Å². The molecule has 0 aliphatic heterocycles. The summed E-state index contributed by atoms with van der Waals surface area (Å²) in [6, 6.07) is 4.96. The maximum Gasteiger partial charge on any atom is 0.573 e. The fourth-order valence-electron chi connectivity index (χ4n) is 1.33. The molecule has 0 radical (unpaired) electrons. The fraction of sp³-hybridized carbons (Fsp3) is 0.417. The fourth-order valence-corrected chi connectivity index (χ4v) is 1.33. The van der Waals surface area contributed by atoms with Crippen molar-refractivity contribution in [3.8, 4) is 5.75 Å². The molecule has 1 rings (SSSR count). The van der Waals surface area contributed by atoms with Gasteiger partial charge in [0.25, 0.3) is 0 Å². The van der Waals surface area contributed by atoms with Crippen molar-refractivity contribution in [3.63, 3.8) is 0 Å². The quantitative estimate of drug-likeness (QED) is 0.755. The summed E-state index contributed by atoms with van der Waals surface area (Å²) < 4.78 is 39.4. The number of rotatable bonds is 4. The minimum Gasteiger partial charge on any atom is -0.406 e. The first kappa shape index (κ1) is 13.5. The van der Waals surface area contributed by atoms with Crippen LogP contribution in [0.1, 0.15) is 30.6 Å². The second-order valence-corrected chi connectivity index (χ2v) is 4.09. The number of Topliss-reactive ketones (excluding diaryl/α,β-unsaturated/α-hetero) is 1. The zero-order valence-corrected chi connectivity index (χ0v) is 9.54. The lowest BCUT2D eigenvalue weighted by Crippen LogP contribution is -2.17. The monoisotopic (exact) mass is 246 g/mol. The van der Waals surface area contributed by atoms with Gasteiger partial charge in [-0.3, -0.25) is 4.79 Å². The molecule has 0 heterocycles. The lowest BCUT2D eigenvalue weighted by molar-refractivity contribution is -0.274. The van der Waals surface area contributed by atoms with Gasteiger partial charge in [0, 0.05) is 12.0 Å². The van der Waals surface area contributed by atoms with Crippen LogP contribution in [0.2, 0.25) is 0 Å². The molecule has 0 unspecified atom stereocenters. The molecule has 0 fully saturated rings. The Morgan fingerprint density at radius 2 is 1.76 bits per heavy atom. The van der Waals surface area contributed by atoms with Gasteiger partial charge in [-0.05, 0) is 30.2 Å². The summed E-state index contributed by atoms with van der Waals surface area (Å²) in [7, 11) is 0. The van der Waals surface area contributed by atoms with Crippen LogP contribution in [0.4, 0.5) is 13.2 Å². The molecule has 0 aliphatic carbocycles. The Morgan fingerprint density at radius 3 is 2.18 bits per heavy atom. The number of hydrogen-bond acceptors (Lipinski definition) is 2. The SMILES string of the molecule is CC(C)CC(=O)c1ccc(OC(F)(F)F)cc1. The summed E-state index contributed by atoms with van der Waals surface area (Å²) in [5, 5.41) is 0. The van der Waals surface area contributed by atoms with Crippen LogP contribution in [0.15, 0.2) is 24.3 Å². The third kappa shape index (κ3) is 4.89. The minimum atomic E-state index is -4.70. The van der Waals surface area contributed by atoms with Crippen LogP contribution in [-0.2, 0) is 0 Å². The molecular weight excluding hydrogens is 233 g/mol. The molecule has 0 N–H and O–H groups in total. The average molecular weight is 246 g/mol. The van der Waals surface area contributed by atoms with E-state index in [1.807, 2.05) is 13.8 Å². The number of carbonyl (C=O) groups is 1. The third-order valence-electron chi connectivity index (χ3n) is 2.00. The van der Waals surface area contributed by atoms with Crippen molar-refractivity contribution in [2.75, 3.05) is 0 Å². The molecule has 0 saturated carbocycles. The zero-order valence-electron chi connectivity index (χ0n) is 9.54. The van der Waals surface area contributed by atoms with Gasteiger partial charge < -0.3 is 4.74 Å². The first-order chi connectivity index (χ1) is 7.78. The number of carbonyl (C=O) groups excluding carboxylic acids is 1. The highest BCUT2D eigenvalue weighted by Crippen LogP contribution is 2.23. The Labute approximate surface area is 97.4 Å². The molecule has 1 aromatic carbocycles. The van der Waals surface area contributed by atoms with E-state index in [1.54, 1.807) is 0 Å². The number of hydrogen-bond donors (Lipinski definition) is 0. The van der Waals surface area contributed by atoms with Gasteiger partial charge in [-0.15, -0.1) is 13.2 Å². The molecule has 1 aromatic rings. The van der Waals surface area contributed by atoms with Gasteiger partial charge in [0.15, 0.2) is 5.78 Å². The average Bonchev–Trinajstić information content (AvgIpc) is 2.15. The molecule has 17 heavy (non-hydrogen) atoms. The Hall–Kier alpha value is -1.52. The first-order valence-corrected chi connectivity index (χ1v) is 5.17. The highest BCUT2D eigenvalue weighted by atomic mass is 19.4. The van der Waals surface area contributed by atoms with E-state index in [1.165, 1.54) is 12.1 Å². The number of ether oxygens (including phenoxy) is 1. The van der Waals surface area contributed by atoms with Gasteiger partial charge in [0.2, 0.25) is 0 Å². The van der Waals surface area contributed by atoms with Gasteiger partial charge >= 0.3 is 6.36 Å². The van der Waals surface area contributed by atoms with Crippen molar-refractivity contribution in [2.24, 2.45) is 5.92 Å². The summed E-state index contributed by atoms with van der Waals surface area (Å²) in [5.41, 5.74) is 0.397. The highest BCUT2D eigenvalue weighted by molar-refractivity contribution is 5.96. The second kappa shape index (κ2) is 5.21. The number of ketones is 1. The second-order valence-electron chi connectivity index (χ2n) is 4.09. The van der Waals surface area contributed by atoms with Crippen LogP contribution >= 0.6 is 0 Å². The van der Waals surface area contributed by atoms with Crippen molar-refractivity contribution < 1.29 is 22.7 Å². The summed E-state index contributed by atoms with van der Waals surface area (Å²) in [6.45, 7) is 3.80. The Balaban J connectivity index is 2.71. The van der Waals surface area contributed by atoms with Gasteiger partial charge in [-0.2, -0.15) is 0 Å². The normalized spacial score (nSPS) is 11.6. The Morgan fingerprint density at radius 1 is 1.24 bits per heavy atom. The molecule has 0 spiro atoms. The van der Waals surface area contributed by atoms with Crippen molar-refractivity contribution in [3.05, 3.63) is 29.8 Å². The predicted molar refractivity (Wildman–Crippen MR) is 56.9 cm³/mol. The Bertz CT molecular complexity index is 380. The molecule has 5 heteroatoms. The molecule has 0 atom stereocenters. The van der Waals surface area contributed by atoms with E-state index in [0.29, 0.717) is 12.0 Å². The first-order valence-electron chi connectivity index (χ1n) is 5.17. The summed E-state index contributed by atoms with van der Waals surface area (Å²) in [4.78, 5) is 11.6. The maximum absolute atomic E-state index is 11.9. The van der Waals surface area contributed by atoms with Gasteiger partial charge in [-0.1, -0.05) is 13.8 Å². The summed E-state index contributed by atoms with van der Waals surface area (Å²) in [5.74, 6) is -0.189. The van der Waals surface area contributed by atoms with E-state index >= 15 is 0 Å². The van der Waals surface area contributed by atoms with Crippen molar-refractivity contribution in [1.29, 1.82) is 0 Å². The molecule has 0 bridgehead atoms. The van der Waals surface area contributed by atoms with Crippen LogP contribution in [-0.4, -0.2) is 12.1 Å². The number of benzene rings is 1. The maximum atomic E-state index is 11.9. The standard InChI is InChI=1S/C12H13F3O2/c1-8(2)7-11(16)9-3-5-10(6-4-9)17-12(13,14)15/h3-6,8H,7H2,1-2H3. The topological polar surface area (TPSA) is 26.3 Å². The van der Waals surface area contributed by atoms with Crippen molar-refractivity contribution >= 4 is 5.78 Å². The smallest absolute Gasteiger partial charge is 0.406 e. The third-order valence-corrected chi connectivity index (χ3v) is 2.00. The lowest BCUT2D eigenvalue weighted by Gasteiger charge is -2.09. The van der Waals surface area contributed by atoms with Crippen LogP contribution in [0.3, 0.4) is 0 Å². The number of halogens is 3. The van der Waals surface area contributed by atoms with Crippen LogP contribution in [0.25, 0.3) is 0 Å². The minimum absolute atomic E-state index is 0.0847. The molecule has 0 aliphatic rings. The molecule has 0 amide bonds. The lowest BCUT2D eigenvalue weighted by atomic mass is 10.0. The summed E-state index contributed by atoms with van der Waals surface area (Å²) >= 11 is 0. The highest BCUT2D eigenvalue weighted by Gasteiger charge is 2.31. The Kier molecular flexibility index (Phi) is 4.15. The van der Waals surface area contributed by atoms with E-state index in [4.69, 9.17) is 0 Å². The molecule has 0 aromatic heterocycles. The van der Waals surface area contributed by atoms with Gasteiger partial charge in [0.1, 0.15) is 5.75 Å². The molecular formula is C12H13F3O2. The van der Waals surface area contributed by atoms with Gasteiger partial charge in [0.05, 0.1) is 0 Å². The van der Waals surface area contributed by atoms with E-state index in [0.717, 1.165) is 12.1 Å². The predicted octanol–water partition coefficient (Wildman–Crippen LogP) is 3.81. The van der Waals surface area contributed by atoms with Crippen LogP contribution in [0, 0.1) is 5.92 Å². The van der Waals surface area contributed by atoms with E-state index in [2.05, 4.69) is 4.74 Å². The molecule has 0 saturated heterocycles. The van der Waals surface area contributed by atoms with Gasteiger partial charge in [-0.25, -0.2) is 0 Å². The molecule has 94 valence electrons.